The van der Waals surface area contributed by atoms with Gasteiger partial charge in [0.15, 0.2) is 28.7 Å². The SMILES string of the molecule is COc1ccc(N=Nc2c(N)nn3c(-c4ccc(OC)c(OC)c4)c(C#N)c(N)nc23)cc1. The third-order valence-electron chi connectivity index (χ3n) is 4.90. The number of ether oxygens (including phenoxy) is 3. The highest BCUT2D eigenvalue weighted by Crippen LogP contribution is 2.38. The van der Waals surface area contributed by atoms with Crippen molar-refractivity contribution in [3.8, 4) is 34.6 Å². The van der Waals surface area contributed by atoms with E-state index in [9.17, 15) is 5.26 Å². The van der Waals surface area contributed by atoms with Crippen molar-refractivity contribution >= 4 is 28.7 Å². The van der Waals surface area contributed by atoms with Crippen LogP contribution in [0.3, 0.4) is 0 Å². The fourth-order valence-electron chi connectivity index (χ4n) is 3.28. The van der Waals surface area contributed by atoms with Crippen LogP contribution in [0.2, 0.25) is 0 Å². The zero-order valence-corrected chi connectivity index (χ0v) is 18.1. The molecule has 0 fully saturated rings. The minimum absolute atomic E-state index is 0.00980. The number of nitriles is 1. The minimum atomic E-state index is 0.00980. The van der Waals surface area contributed by atoms with Crippen molar-refractivity contribution in [2.24, 2.45) is 10.2 Å². The molecule has 0 saturated carbocycles. The lowest BCUT2D eigenvalue weighted by molar-refractivity contribution is 0.355. The molecule has 2 heterocycles. The second kappa shape index (κ2) is 8.72. The standard InChI is InChI=1S/C22H20N8O3/c1-31-14-7-5-13(6-8-14)27-28-18-21(25)29-30-19(15(11-23)20(24)26-22(18)30)12-4-9-16(32-2)17(10-12)33-3/h4-10H,1-3H3,(H2,24,26)(H2,25,29). The van der Waals surface area contributed by atoms with Gasteiger partial charge in [-0.25, -0.2) is 9.50 Å². The van der Waals surface area contributed by atoms with Gasteiger partial charge in [-0.3, -0.25) is 0 Å². The van der Waals surface area contributed by atoms with Crippen molar-refractivity contribution < 1.29 is 14.2 Å². The van der Waals surface area contributed by atoms with Crippen LogP contribution >= 0.6 is 0 Å². The molecule has 0 bridgehead atoms. The molecule has 0 atom stereocenters. The molecule has 0 spiro atoms. The van der Waals surface area contributed by atoms with Crippen LogP contribution in [-0.4, -0.2) is 35.9 Å². The number of rotatable bonds is 6. The zero-order chi connectivity index (χ0) is 23.5. The molecular weight excluding hydrogens is 424 g/mol. The Morgan fingerprint density at radius 3 is 2.27 bits per heavy atom. The molecule has 4 N–H and O–H groups in total. The van der Waals surface area contributed by atoms with Crippen LogP contribution in [0.15, 0.2) is 52.7 Å². The summed E-state index contributed by atoms with van der Waals surface area (Å²) in [6.07, 6.45) is 0. The Kier molecular flexibility index (Phi) is 5.65. The Hall–Kier alpha value is -4.85. The predicted octanol–water partition coefficient (Wildman–Crippen LogP) is 3.87. The van der Waals surface area contributed by atoms with E-state index in [2.05, 4.69) is 26.4 Å². The summed E-state index contributed by atoms with van der Waals surface area (Å²) in [5.74, 6) is 1.79. The average molecular weight is 444 g/mol. The third-order valence-corrected chi connectivity index (χ3v) is 4.90. The summed E-state index contributed by atoms with van der Waals surface area (Å²) in [4.78, 5) is 4.32. The number of nitrogen functional groups attached to an aromatic ring is 2. The topological polar surface area (TPSA) is 158 Å². The lowest BCUT2D eigenvalue weighted by Crippen LogP contribution is -2.05. The largest absolute Gasteiger partial charge is 0.497 e. The quantitative estimate of drug-likeness (QED) is 0.424. The van der Waals surface area contributed by atoms with E-state index in [0.717, 1.165) is 0 Å². The van der Waals surface area contributed by atoms with Crippen molar-refractivity contribution in [1.82, 2.24) is 14.6 Å². The first-order valence-electron chi connectivity index (χ1n) is 9.66. The summed E-state index contributed by atoms with van der Waals surface area (Å²) in [6.45, 7) is 0. The summed E-state index contributed by atoms with van der Waals surface area (Å²) in [7, 11) is 4.64. The number of nitrogens with zero attached hydrogens (tertiary/aromatic N) is 6. The van der Waals surface area contributed by atoms with E-state index >= 15 is 0 Å². The number of nitrogens with two attached hydrogens (primary N) is 2. The number of hydrogen-bond acceptors (Lipinski definition) is 10. The second-order valence-corrected chi connectivity index (χ2v) is 6.77. The van der Waals surface area contributed by atoms with E-state index in [1.807, 2.05) is 0 Å². The zero-order valence-electron chi connectivity index (χ0n) is 18.1. The van der Waals surface area contributed by atoms with E-state index in [1.165, 1.54) is 18.7 Å². The van der Waals surface area contributed by atoms with Gasteiger partial charge in [0.25, 0.3) is 0 Å². The smallest absolute Gasteiger partial charge is 0.187 e. The molecule has 166 valence electrons. The van der Waals surface area contributed by atoms with Crippen molar-refractivity contribution in [3.05, 3.63) is 48.0 Å². The van der Waals surface area contributed by atoms with Gasteiger partial charge in [-0.1, -0.05) is 0 Å². The van der Waals surface area contributed by atoms with Gasteiger partial charge in [0.1, 0.15) is 23.2 Å². The predicted molar refractivity (Wildman–Crippen MR) is 122 cm³/mol. The number of fused-ring (bicyclic) bond motifs is 1. The molecule has 4 rings (SSSR count). The van der Waals surface area contributed by atoms with Crippen LogP contribution in [0.1, 0.15) is 5.56 Å². The fourth-order valence-corrected chi connectivity index (χ4v) is 3.28. The highest BCUT2D eigenvalue weighted by atomic mass is 16.5. The van der Waals surface area contributed by atoms with Gasteiger partial charge in [0.05, 0.1) is 32.7 Å². The van der Waals surface area contributed by atoms with Crippen LogP contribution in [0.4, 0.5) is 23.0 Å². The molecule has 33 heavy (non-hydrogen) atoms. The maximum Gasteiger partial charge on any atom is 0.187 e. The van der Waals surface area contributed by atoms with Crippen molar-refractivity contribution in [3.63, 3.8) is 0 Å². The van der Waals surface area contributed by atoms with Gasteiger partial charge < -0.3 is 25.7 Å². The summed E-state index contributed by atoms with van der Waals surface area (Å²) >= 11 is 0. The van der Waals surface area contributed by atoms with Gasteiger partial charge in [-0.15, -0.1) is 10.2 Å². The third kappa shape index (κ3) is 3.81. The second-order valence-electron chi connectivity index (χ2n) is 6.77. The van der Waals surface area contributed by atoms with Crippen molar-refractivity contribution in [2.75, 3.05) is 32.8 Å². The molecule has 2 aromatic heterocycles. The van der Waals surface area contributed by atoms with Crippen LogP contribution in [0, 0.1) is 11.3 Å². The maximum atomic E-state index is 9.77. The van der Waals surface area contributed by atoms with E-state index < -0.39 is 0 Å². The maximum absolute atomic E-state index is 9.77. The Balaban J connectivity index is 1.90. The van der Waals surface area contributed by atoms with Gasteiger partial charge in [0, 0.05) is 5.56 Å². The number of aromatic nitrogens is 3. The molecule has 11 heteroatoms. The first-order valence-corrected chi connectivity index (χ1v) is 9.66. The molecular formula is C22H20N8O3. The minimum Gasteiger partial charge on any atom is -0.497 e. The normalized spacial score (nSPS) is 11.0. The van der Waals surface area contributed by atoms with Crippen molar-refractivity contribution in [2.45, 2.75) is 0 Å². The molecule has 0 aliphatic rings. The molecule has 0 unspecified atom stereocenters. The fraction of sp³-hybridized carbons (Fsp3) is 0.136. The van der Waals surface area contributed by atoms with E-state index in [4.69, 9.17) is 25.7 Å². The molecule has 0 amide bonds. The first kappa shape index (κ1) is 21.4. The van der Waals surface area contributed by atoms with E-state index in [-0.39, 0.29) is 28.5 Å². The van der Waals surface area contributed by atoms with Crippen molar-refractivity contribution in [1.29, 1.82) is 5.26 Å². The Bertz CT molecular complexity index is 1400. The Morgan fingerprint density at radius 1 is 0.909 bits per heavy atom. The number of anilines is 2. The average Bonchev–Trinajstić information content (AvgIpc) is 3.15. The highest BCUT2D eigenvalue weighted by molar-refractivity contribution is 5.83. The molecule has 0 saturated heterocycles. The van der Waals surface area contributed by atoms with Gasteiger partial charge in [0.2, 0.25) is 0 Å². The van der Waals surface area contributed by atoms with Gasteiger partial charge in [-0.05, 0) is 42.5 Å². The van der Waals surface area contributed by atoms with Crippen LogP contribution in [-0.2, 0) is 0 Å². The number of azo groups is 1. The van der Waals surface area contributed by atoms with Crippen LogP contribution in [0.25, 0.3) is 16.9 Å². The summed E-state index contributed by atoms with van der Waals surface area (Å²) < 4.78 is 17.3. The summed E-state index contributed by atoms with van der Waals surface area (Å²) in [5.41, 5.74) is 14.4. The lowest BCUT2D eigenvalue weighted by Gasteiger charge is -2.12. The Labute approximate surface area is 188 Å². The first-order chi connectivity index (χ1) is 16.0. The van der Waals surface area contributed by atoms with Crippen LogP contribution < -0.4 is 25.7 Å². The molecule has 0 aliphatic heterocycles. The molecule has 11 nitrogen and oxygen atoms in total. The van der Waals surface area contributed by atoms with Gasteiger partial charge in [-0.2, -0.15) is 10.4 Å². The highest BCUT2D eigenvalue weighted by Gasteiger charge is 2.22. The Morgan fingerprint density at radius 2 is 1.64 bits per heavy atom. The lowest BCUT2D eigenvalue weighted by atomic mass is 10.1. The van der Waals surface area contributed by atoms with E-state index in [1.54, 1.807) is 49.6 Å². The molecule has 2 aromatic carbocycles. The molecule has 0 aliphatic carbocycles. The summed E-state index contributed by atoms with van der Waals surface area (Å²) in [6, 6.07) is 14.3. The number of methoxy groups -OCH3 is 3. The number of hydrogen-bond donors (Lipinski definition) is 2. The van der Waals surface area contributed by atoms with Crippen LogP contribution in [0.5, 0.6) is 17.2 Å². The van der Waals surface area contributed by atoms with E-state index in [0.29, 0.717) is 34.2 Å². The van der Waals surface area contributed by atoms with Gasteiger partial charge >= 0.3 is 0 Å². The molecule has 4 aromatic rings. The molecule has 0 radical (unpaired) electrons. The summed E-state index contributed by atoms with van der Waals surface area (Å²) in [5, 5.41) is 22.6. The monoisotopic (exact) mass is 444 g/mol. The number of benzene rings is 2.